The summed E-state index contributed by atoms with van der Waals surface area (Å²) in [5.74, 6) is 0.736. The summed E-state index contributed by atoms with van der Waals surface area (Å²) in [6.45, 7) is 8.47. The lowest BCUT2D eigenvalue weighted by Gasteiger charge is -2.42. The van der Waals surface area contributed by atoms with Crippen LogP contribution in [-0.2, 0) is 24.8 Å². The Labute approximate surface area is 241 Å². The first kappa shape index (κ1) is 27.1. The van der Waals surface area contributed by atoms with Crippen molar-refractivity contribution in [2.24, 2.45) is 7.05 Å². The van der Waals surface area contributed by atoms with Crippen LogP contribution in [0.15, 0.2) is 43.1 Å². The van der Waals surface area contributed by atoms with Crippen molar-refractivity contribution in [3.8, 4) is 12.1 Å². The molecular weight excluding hydrogens is 516 g/mol. The summed E-state index contributed by atoms with van der Waals surface area (Å²) < 4.78 is 8.46. The Morgan fingerprint density at radius 1 is 1.15 bits per heavy atom. The van der Waals surface area contributed by atoms with Crippen LogP contribution in [0.1, 0.15) is 30.5 Å². The number of hydrogen-bond acceptors (Lipinski definition) is 8. The van der Waals surface area contributed by atoms with Gasteiger partial charge in [0.05, 0.1) is 42.0 Å². The number of ether oxygens (including phenoxy) is 1. The average Bonchev–Trinajstić information content (AvgIpc) is 3.59. The highest BCUT2D eigenvalue weighted by molar-refractivity contribution is 5.92. The van der Waals surface area contributed by atoms with E-state index in [0.717, 1.165) is 43.0 Å². The van der Waals surface area contributed by atoms with Crippen LogP contribution in [0.25, 0.3) is 10.9 Å². The quantitative estimate of drug-likeness (QED) is 0.412. The number of rotatable bonds is 7. The van der Waals surface area contributed by atoms with Crippen molar-refractivity contribution < 1.29 is 9.53 Å². The first-order valence-corrected chi connectivity index (χ1v) is 14.5. The Bertz CT molecular complexity index is 1490. The lowest BCUT2D eigenvalue weighted by molar-refractivity contribution is -0.128. The molecule has 3 aliphatic rings. The number of para-hydroxylation sites is 1. The predicted octanol–water partition coefficient (Wildman–Crippen LogP) is 3.12. The fourth-order valence-electron chi connectivity index (χ4n) is 6.61. The number of hydrogen-bond donors (Lipinski definition) is 0. The molecule has 6 rings (SSSR count). The zero-order valence-electron chi connectivity index (χ0n) is 24.0. The number of nitriles is 1. The maximum Gasteiger partial charge on any atom is 0.318 e. The smallest absolute Gasteiger partial charge is 0.318 e. The molecule has 2 aromatic heterocycles. The molecule has 0 unspecified atom stereocenters. The number of carbonyl (C=O) groups excluding carboxylic acids is 1. The first-order valence-electron chi connectivity index (χ1n) is 14.5. The van der Waals surface area contributed by atoms with Gasteiger partial charge in [-0.1, -0.05) is 18.7 Å². The van der Waals surface area contributed by atoms with Gasteiger partial charge in [0.25, 0.3) is 0 Å². The molecule has 2 atom stereocenters. The molecule has 2 saturated heterocycles. The minimum absolute atomic E-state index is 0.134. The highest BCUT2D eigenvalue weighted by Crippen LogP contribution is 2.35. The van der Waals surface area contributed by atoms with Gasteiger partial charge in [0.15, 0.2) is 0 Å². The number of nitrogens with zero attached hydrogens (tertiary/aromatic N) is 8. The number of likely N-dealkylation sites (N-methyl/N-ethyl adjacent to an activating group) is 1. The molecule has 1 aromatic carbocycles. The van der Waals surface area contributed by atoms with Crippen molar-refractivity contribution in [3.63, 3.8) is 0 Å². The molecule has 0 N–H and O–H groups in total. The second-order valence-electron chi connectivity index (χ2n) is 11.4. The SMILES string of the molecule is C=CC(=O)N1CCN(c2nc(OC[C@@H]3CCCN3C)nc3c2CCN(c2cccc4ccn(C)c24)C3)C[C@@H]1CC#N. The second-order valence-corrected chi connectivity index (χ2v) is 11.4. The Morgan fingerprint density at radius 2 is 2.02 bits per heavy atom. The molecular formula is C31H38N8O2. The maximum absolute atomic E-state index is 12.5. The van der Waals surface area contributed by atoms with E-state index < -0.39 is 0 Å². The number of anilines is 2. The second kappa shape index (κ2) is 11.4. The van der Waals surface area contributed by atoms with Gasteiger partial charge in [-0.2, -0.15) is 15.2 Å². The molecule has 0 bridgehead atoms. The zero-order valence-corrected chi connectivity index (χ0v) is 24.0. The molecule has 10 nitrogen and oxygen atoms in total. The summed E-state index contributed by atoms with van der Waals surface area (Å²) in [6.07, 6.45) is 6.78. The van der Waals surface area contributed by atoms with Crippen LogP contribution in [-0.4, -0.2) is 88.7 Å². The van der Waals surface area contributed by atoms with Crippen molar-refractivity contribution in [1.29, 1.82) is 5.26 Å². The molecule has 0 spiro atoms. The van der Waals surface area contributed by atoms with E-state index in [4.69, 9.17) is 14.7 Å². The van der Waals surface area contributed by atoms with Crippen LogP contribution in [0, 0.1) is 11.3 Å². The van der Waals surface area contributed by atoms with E-state index in [1.807, 2.05) is 0 Å². The van der Waals surface area contributed by atoms with E-state index in [2.05, 4.69) is 76.5 Å². The minimum Gasteiger partial charge on any atom is -0.462 e. The third-order valence-electron chi connectivity index (χ3n) is 8.88. The van der Waals surface area contributed by atoms with Crippen LogP contribution in [0.2, 0.25) is 0 Å². The standard InChI is InChI=1S/C31H38N8O2/c1-4-28(40)39-18-17-38(19-23(39)10-13-32)30-25-12-16-37(27-9-5-7-22-11-15-36(3)29(22)27)20-26(25)33-31(34-30)41-21-24-8-6-14-35(24)2/h4-5,7,9,11,15,23-24H,1,6,8,10,12,14,16-21H2,2-3H3/t23-,24-/m0/s1. The van der Waals surface area contributed by atoms with E-state index in [9.17, 15) is 10.1 Å². The highest BCUT2D eigenvalue weighted by atomic mass is 16.5. The fraction of sp³-hybridized carbons (Fsp3) is 0.484. The summed E-state index contributed by atoms with van der Waals surface area (Å²) in [4.78, 5) is 31.2. The maximum atomic E-state index is 12.5. The summed E-state index contributed by atoms with van der Waals surface area (Å²) in [5, 5.41) is 10.7. The summed E-state index contributed by atoms with van der Waals surface area (Å²) >= 11 is 0. The summed E-state index contributed by atoms with van der Waals surface area (Å²) in [6, 6.07) is 11.4. The van der Waals surface area contributed by atoms with E-state index in [-0.39, 0.29) is 18.4 Å². The number of likely N-dealkylation sites (tertiary alicyclic amines) is 1. The van der Waals surface area contributed by atoms with Gasteiger partial charge in [0.1, 0.15) is 12.4 Å². The predicted molar refractivity (Wildman–Crippen MR) is 159 cm³/mol. The molecule has 0 aliphatic carbocycles. The van der Waals surface area contributed by atoms with Crippen LogP contribution in [0.4, 0.5) is 11.5 Å². The molecule has 3 aromatic rings. The summed E-state index contributed by atoms with van der Waals surface area (Å²) in [5.41, 5.74) is 4.52. The van der Waals surface area contributed by atoms with E-state index in [1.165, 1.54) is 29.1 Å². The van der Waals surface area contributed by atoms with Crippen molar-refractivity contribution >= 4 is 28.3 Å². The molecule has 0 radical (unpaired) electrons. The van der Waals surface area contributed by atoms with Gasteiger partial charge in [-0.3, -0.25) is 4.79 Å². The summed E-state index contributed by atoms with van der Waals surface area (Å²) in [7, 11) is 4.23. The molecule has 2 fully saturated rings. The van der Waals surface area contributed by atoms with Crippen molar-refractivity contribution in [3.05, 3.63) is 54.4 Å². The van der Waals surface area contributed by atoms with Gasteiger partial charge >= 0.3 is 6.01 Å². The van der Waals surface area contributed by atoms with Crippen LogP contribution in [0.5, 0.6) is 6.01 Å². The van der Waals surface area contributed by atoms with Gasteiger partial charge in [0.2, 0.25) is 5.91 Å². The molecule has 1 amide bonds. The van der Waals surface area contributed by atoms with Gasteiger partial charge in [-0.25, -0.2) is 0 Å². The van der Waals surface area contributed by atoms with Crippen molar-refractivity contribution in [1.82, 2.24) is 24.3 Å². The van der Waals surface area contributed by atoms with Gasteiger partial charge in [-0.05, 0) is 51.1 Å². The molecule has 3 aliphatic heterocycles. The minimum atomic E-state index is -0.226. The monoisotopic (exact) mass is 554 g/mol. The Morgan fingerprint density at radius 3 is 2.80 bits per heavy atom. The number of aryl methyl sites for hydroxylation is 1. The average molecular weight is 555 g/mol. The third-order valence-corrected chi connectivity index (χ3v) is 8.88. The molecule has 0 saturated carbocycles. The van der Waals surface area contributed by atoms with E-state index in [1.54, 1.807) is 4.90 Å². The third kappa shape index (κ3) is 5.22. The molecule has 10 heteroatoms. The van der Waals surface area contributed by atoms with Crippen molar-refractivity contribution in [2.45, 2.75) is 44.3 Å². The first-order chi connectivity index (χ1) is 20.0. The Kier molecular flexibility index (Phi) is 7.54. The zero-order chi connectivity index (χ0) is 28.5. The van der Waals surface area contributed by atoms with Gasteiger partial charge in [-0.15, -0.1) is 0 Å². The van der Waals surface area contributed by atoms with Gasteiger partial charge < -0.3 is 28.9 Å². The lowest BCUT2D eigenvalue weighted by Crippen LogP contribution is -2.55. The number of benzene rings is 1. The van der Waals surface area contributed by atoms with Crippen LogP contribution < -0.4 is 14.5 Å². The fourth-order valence-corrected chi connectivity index (χ4v) is 6.61. The molecule has 214 valence electrons. The number of fused-ring (bicyclic) bond motifs is 2. The largest absolute Gasteiger partial charge is 0.462 e. The van der Waals surface area contributed by atoms with Crippen molar-refractivity contribution in [2.75, 3.05) is 56.2 Å². The topological polar surface area (TPSA) is 93.8 Å². The Balaban J connectivity index is 1.33. The highest BCUT2D eigenvalue weighted by Gasteiger charge is 2.33. The van der Waals surface area contributed by atoms with E-state index >= 15 is 0 Å². The van der Waals surface area contributed by atoms with Crippen LogP contribution >= 0.6 is 0 Å². The Hall–Kier alpha value is -4.10. The molecule has 5 heterocycles. The van der Waals surface area contributed by atoms with Gasteiger partial charge in [0, 0.05) is 56.4 Å². The normalized spacial score (nSPS) is 21.1. The molecule has 41 heavy (non-hydrogen) atoms. The number of aromatic nitrogens is 3. The number of carbonyl (C=O) groups is 1. The number of amides is 1. The number of piperazine rings is 1. The van der Waals surface area contributed by atoms with Crippen LogP contribution in [0.3, 0.4) is 0 Å². The lowest BCUT2D eigenvalue weighted by atomic mass is 10.0. The van der Waals surface area contributed by atoms with E-state index in [0.29, 0.717) is 44.8 Å².